The molecule has 0 radical (unpaired) electrons. The van der Waals surface area contributed by atoms with Gasteiger partial charge in [-0.2, -0.15) is 0 Å². The average Bonchev–Trinajstić information content (AvgIpc) is 2.60. The summed E-state index contributed by atoms with van der Waals surface area (Å²) >= 11 is 0. The Hall–Kier alpha value is -1.51. The fourth-order valence-electron chi connectivity index (χ4n) is 0.991. The molecule has 0 unspecified atom stereocenters. The minimum absolute atomic E-state index is 0.830. The van der Waals surface area contributed by atoms with E-state index in [4.69, 9.17) is 4.52 Å². The molecule has 0 saturated carbocycles. The molecule has 0 atom stereocenters. The predicted octanol–water partition coefficient (Wildman–Crippen LogP) is 1.52. The third-order valence-electron chi connectivity index (χ3n) is 1.51. The fourth-order valence-corrected chi connectivity index (χ4v) is 0.991. The van der Waals surface area contributed by atoms with Gasteiger partial charge in [0.05, 0.1) is 12.7 Å². The van der Waals surface area contributed by atoms with Crippen LogP contribution in [-0.2, 0) is 6.54 Å². The number of rotatable bonds is 2. The molecule has 0 fully saturated rings. The van der Waals surface area contributed by atoms with Crippen LogP contribution in [0.1, 0.15) is 5.56 Å². The highest BCUT2D eigenvalue weighted by Crippen LogP contribution is 2.00. The lowest BCUT2D eigenvalue weighted by Gasteiger charge is -1.96. The first-order chi connectivity index (χ1) is 5.45. The first-order valence-electron chi connectivity index (χ1n) is 3.44. The Kier molecular flexibility index (Phi) is 1.48. The maximum absolute atomic E-state index is 4.70. The van der Waals surface area contributed by atoms with Crippen LogP contribution in [-0.4, -0.2) is 9.72 Å². The van der Waals surface area contributed by atoms with Crippen LogP contribution in [0.25, 0.3) is 0 Å². The second kappa shape index (κ2) is 2.62. The Morgan fingerprint density at radius 1 is 1.36 bits per heavy atom. The molecule has 11 heavy (non-hydrogen) atoms. The molecule has 0 amide bonds. The second-order valence-electron chi connectivity index (χ2n) is 2.39. The molecule has 0 aliphatic heterocycles. The summed E-state index contributed by atoms with van der Waals surface area (Å²) in [6.45, 7) is 0.830. The van der Waals surface area contributed by atoms with E-state index in [1.54, 1.807) is 12.5 Å². The van der Waals surface area contributed by atoms with Crippen LogP contribution in [0.2, 0.25) is 0 Å². The summed E-state index contributed by atoms with van der Waals surface area (Å²) in [7, 11) is 0. The zero-order valence-corrected chi connectivity index (χ0v) is 5.97. The number of nitrogens with zero attached hydrogens (tertiary/aromatic N) is 2. The molecule has 2 heterocycles. The lowest BCUT2D eigenvalue weighted by molar-refractivity contribution is 0.418. The lowest BCUT2D eigenvalue weighted by atomic mass is 10.4. The minimum atomic E-state index is 0.830. The summed E-state index contributed by atoms with van der Waals surface area (Å²) in [5.41, 5.74) is 1.08. The minimum Gasteiger partial charge on any atom is -0.364 e. The van der Waals surface area contributed by atoms with Gasteiger partial charge in [-0.15, -0.1) is 0 Å². The van der Waals surface area contributed by atoms with E-state index in [-0.39, 0.29) is 0 Å². The van der Waals surface area contributed by atoms with Crippen LogP contribution in [0.5, 0.6) is 0 Å². The van der Waals surface area contributed by atoms with Crippen molar-refractivity contribution in [2.75, 3.05) is 0 Å². The maximum Gasteiger partial charge on any atom is 0.128 e. The van der Waals surface area contributed by atoms with Crippen LogP contribution in [0.15, 0.2) is 41.5 Å². The Morgan fingerprint density at radius 3 is 2.82 bits per heavy atom. The van der Waals surface area contributed by atoms with Gasteiger partial charge in [0.2, 0.25) is 0 Å². The van der Waals surface area contributed by atoms with E-state index in [0.717, 1.165) is 12.1 Å². The summed E-state index contributed by atoms with van der Waals surface area (Å²) in [5, 5.41) is 3.61. The van der Waals surface area contributed by atoms with E-state index in [1.807, 2.05) is 24.5 Å². The molecular formula is C8H8N2O. The van der Waals surface area contributed by atoms with Crippen molar-refractivity contribution in [3.8, 4) is 0 Å². The van der Waals surface area contributed by atoms with Crippen molar-refractivity contribution < 1.29 is 4.52 Å². The first kappa shape index (κ1) is 6.22. The Labute approximate surface area is 64.2 Å². The van der Waals surface area contributed by atoms with Gasteiger partial charge in [0, 0.05) is 18.0 Å². The molecule has 2 aromatic rings. The SMILES string of the molecule is c1ccn(Cc2cnoc2)c1. The molecule has 3 nitrogen and oxygen atoms in total. The van der Waals surface area contributed by atoms with Crippen molar-refractivity contribution in [1.82, 2.24) is 9.72 Å². The molecule has 0 aliphatic rings. The standard InChI is InChI=1S/C8H8N2O/c1-2-4-10(3-1)6-8-5-9-11-7-8/h1-5,7H,6H2. The molecule has 2 aromatic heterocycles. The average molecular weight is 148 g/mol. The number of hydrogen-bond donors (Lipinski definition) is 0. The summed E-state index contributed by atoms with van der Waals surface area (Å²) in [4.78, 5) is 0. The third-order valence-corrected chi connectivity index (χ3v) is 1.51. The van der Waals surface area contributed by atoms with Gasteiger partial charge < -0.3 is 9.09 Å². The molecule has 3 heteroatoms. The highest BCUT2D eigenvalue weighted by atomic mass is 16.5. The summed E-state index contributed by atoms with van der Waals surface area (Å²) in [5.74, 6) is 0. The van der Waals surface area contributed by atoms with Crippen molar-refractivity contribution in [2.24, 2.45) is 0 Å². The van der Waals surface area contributed by atoms with Gasteiger partial charge in [-0.1, -0.05) is 5.16 Å². The lowest BCUT2D eigenvalue weighted by Crippen LogP contribution is -1.93. The Balaban J connectivity index is 2.14. The molecule has 0 spiro atoms. The number of hydrogen-bond acceptors (Lipinski definition) is 2. The van der Waals surface area contributed by atoms with E-state index < -0.39 is 0 Å². The van der Waals surface area contributed by atoms with Crippen LogP contribution < -0.4 is 0 Å². The van der Waals surface area contributed by atoms with Gasteiger partial charge in [-0.05, 0) is 12.1 Å². The van der Waals surface area contributed by atoms with Gasteiger partial charge in [-0.3, -0.25) is 0 Å². The van der Waals surface area contributed by atoms with Gasteiger partial charge in [-0.25, -0.2) is 0 Å². The smallest absolute Gasteiger partial charge is 0.128 e. The monoisotopic (exact) mass is 148 g/mol. The van der Waals surface area contributed by atoms with Crippen molar-refractivity contribution in [3.63, 3.8) is 0 Å². The largest absolute Gasteiger partial charge is 0.364 e. The summed E-state index contributed by atoms with van der Waals surface area (Å²) in [6.07, 6.45) is 7.39. The van der Waals surface area contributed by atoms with Gasteiger partial charge in [0.1, 0.15) is 6.26 Å². The Morgan fingerprint density at radius 2 is 2.18 bits per heavy atom. The first-order valence-corrected chi connectivity index (χ1v) is 3.44. The normalized spacial score (nSPS) is 10.2. The highest BCUT2D eigenvalue weighted by molar-refractivity contribution is 5.03. The Bertz CT molecular complexity index is 264. The van der Waals surface area contributed by atoms with Crippen molar-refractivity contribution in [3.05, 3.63) is 42.5 Å². The van der Waals surface area contributed by atoms with Crippen LogP contribution >= 0.6 is 0 Å². The number of aromatic nitrogens is 2. The van der Waals surface area contributed by atoms with Crippen molar-refractivity contribution >= 4 is 0 Å². The predicted molar refractivity (Wildman–Crippen MR) is 40.0 cm³/mol. The zero-order chi connectivity index (χ0) is 7.52. The van der Waals surface area contributed by atoms with Crippen LogP contribution in [0.3, 0.4) is 0 Å². The molecule has 0 N–H and O–H groups in total. The van der Waals surface area contributed by atoms with Crippen molar-refractivity contribution in [2.45, 2.75) is 6.54 Å². The summed E-state index contributed by atoms with van der Waals surface area (Å²) in [6, 6.07) is 3.99. The topological polar surface area (TPSA) is 31.0 Å². The zero-order valence-electron chi connectivity index (χ0n) is 5.97. The van der Waals surface area contributed by atoms with Gasteiger partial charge >= 0.3 is 0 Å². The molecular weight excluding hydrogens is 140 g/mol. The van der Waals surface area contributed by atoms with Gasteiger partial charge in [0.25, 0.3) is 0 Å². The van der Waals surface area contributed by atoms with E-state index in [2.05, 4.69) is 9.72 Å². The summed E-state index contributed by atoms with van der Waals surface area (Å²) < 4.78 is 6.76. The van der Waals surface area contributed by atoms with E-state index >= 15 is 0 Å². The van der Waals surface area contributed by atoms with E-state index in [9.17, 15) is 0 Å². The molecule has 2 rings (SSSR count). The molecule has 56 valence electrons. The molecule has 0 bridgehead atoms. The van der Waals surface area contributed by atoms with Gasteiger partial charge in [0.15, 0.2) is 0 Å². The van der Waals surface area contributed by atoms with E-state index in [1.165, 1.54) is 0 Å². The maximum atomic E-state index is 4.70. The van der Waals surface area contributed by atoms with Crippen LogP contribution in [0, 0.1) is 0 Å². The fraction of sp³-hybridized carbons (Fsp3) is 0.125. The highest BCUT2D eigenvalue weighted by Gasteiger charge is 1.94. The molecule has 0 aliphatic carbocycles. The van der Waals surface area contributed by atoms with Crippen LogP contribution in [0.4, 0.5) is 0 Å². The second-order valence-corrected chi connectivity index (χ2v) is 2.39. The van der Waals surface area contributed by atoms with E-state index in [0.29, 0.717) is 0 Å². The molecule has 0 aromatic carbocycles. The third kappa shape index (κ3) is 1.32. The van der Waals surface area contributed by atoms with Crippen molar-refractivity contribution in [1.29, 1.82) is 0 Å². The molecule has 0 saturated heterocycles. The quantitative estimate of drug-likeness (QED) is 0.646.